The maximum atomic E-state index is 6.68. The highest BCUT2D eigenvalue weighted by atomic mass is 35.7. The lowest BCUT2D eigenvalue weighted by Gasteiger charge is -2.21. The normalized spacial score (nSPS) is 11.4. The first-order valence-electron chi connectivity index (χ1n) is 13.8. The minimum absolute atomic E-state index is 0.589. The van der Waals surface area contributed by atoms with E-state index in [2.05, 4.69) is 121 Å². The zero-order valence-electron chi connectivity index (χ0n) is 23.1. The molecule has 0 aliphatic carbocycles. The summed E-state index contributed by atoms with van der Waals surface area (Å²) in [6.45, 7) is 0. The van der Waals surface area contributed by atoms with Crippen molar-refractivity contribution in [2.45, 2.75) is 0 Å². The van der Waals surface area contributed by atoms with Crippen LogP contribution in [0, 0.1) is 0 Å². The summed E-state index contributed by atoms with van der Waals surface area (Å²) in [5, 5.41) is 7.58. The third kappa shape index (κ3) is 7.63. The van der Waals surface area contributed by atoms with E-state index >= 15 is 0 Å². The van der Waals surface area contributed by atoms with Crippen LogP contribution in [0.25, 0.3) is 0 Å². The van der Waals surface area contributed by atoms with Crippen LogP contribution in [0.15, 0.2) is 170 Å². The number of hydrogen-bond acceptors (Lipinski definition) is 3. The zero-order chi connectivity index (χ0) is 29.5. The molecule has 6 aromatic rings. The van der Waals surface area contributed by atoms with Gasteiger partial charge in [-0.2, -0.15) is 0 Å². The molecule has 0 spiro atoms. The lowest BCUT2D eigenvalue weighted by Crippen LogP contribution is -2.20. The van der Waals surface area contributed by atoms with Crippen LogP contribution < -0.4 is 40.9 Å². The molecule has 0 atom stereocenters. The van der Waals surface area contributed by atoms with E-state index in [9.17, 15) is 0 Å². The van der Waals surface area contributed by atoms with Crippen LogP contribution in [-0.4, -0.2) is 0 Å². The molecule has 6 rings (SSSR count). The molecule has 0 aliphatic heterocycles. The van der Waals surface area contributed by atoms with E-state index in [1.807, 2.05) is 48.5 Å². The molecular formula is C36H28ClO2P3S. The molecule has 0 aromatic heterocycles. The van der Waals surface area contributed by atoms with E-state index in [1.165, 1.54) is 31.8 Å². The summed E-state index contributed by atoms with van der Waals surface area (Å²) in [7, 11) is -1.42. The Balaban J connectivity index is 1.18. The summed E-state index contributed by atoms with van der Waals surface area (Å²) in [4.78, 5) is 0. The van der Waals surface area contributed by atoms with Gasteiger partial charge in [0, 0.05) is 11.8 Å². The summed E-state index contributed by atoms with van der Waals surface area (Å²) in [5.74, 6) is -1.95. The molecule has 0 unspecified atom stereocenters. The zero-order valence-corrected chi connectivity index (χ0v) is 27.4. The molecule has 43 heavy (non-hydrogen) atoms. The fourth-order valence-corrected chi connectivity index (χ4v) is 11.1. The van der Waals surface area contributed by atoms with Crippen LogP contribution in [0.3, 0.4) is 0 Å². The Bertz CT molecular complexity index is 1580. The molecule has 0 saturated carbocycles. The van der Waals surface area contributed by atoms with E-state index in [4.69, 9.17) is 32.1 Å². The molecule has 0 N–H and O–H groups in total. The molecule has 0 amide bonds. The first kappa shape index (κ1) is 29.8. The Kier molecular flexibility index (Phi) is 9.70. The summed E-state index contributed by atoms with van der Waals surface area (Å²) >= 11 is 12.3. The topological polar surface area (TPSA) is 18.5 Å². The number of benzene rings is 6. The van der Waals surface area contributed by atoms with Crippen molar-refractivity contribution in [3.05, 3.63) is 170 Å². The minimum atomic E-state index is -3.13. The smallest absolute Gasteiger partial charge is 0.384 e. The molecule has 0 bridgehead atoms. The second-order valence-electron chi connectivity index (χ2n) is 9.61. The van der Waals surface area contributed by atoms with Gasteiger partial charge in [-0.05, 0) is 83.2 Å². The number of halogens is 1. The van der Waals surface area contributed by atoms with Gasteiger partial charge in [-0.3, -0.25) is 0 Å². The fourth-order valence-electron chi connectivity index (χ4n) is 4.79. The van der Waals surface area contributed by atoms with Crippen LogP contribution in [-0.2, 0) is 11.8 Å². The molecular weight excluding hydrogens is 625 g/mol. The lowest BCUT2D eigenvalue weighted by molar-refractivity contribution is 0.505. The van der Waals surface area contributed by atoms with Gasteiger partial charge < -0.3 is 9.05 Å². The molecule has 0 heterocycles. The lowest BCUT2D eigenvalue weighted by atomic mass is 10.3. The second kappa shape index (κ2) is 14.0. The van der Waals surface area contributed by atoms with Crippen LogP contribution in [0.4, 0.5) is 0 Å². The third-order valence-electron chi connectivity index (χ3n) is 6.68. The minimum Gasteiger partial charge on any atom is -0.425 e. The van der Waals surface area contributed by atoms with Crippen molar-refractivity contribution in [1.29, 1.82) is 0 Å². The highest BCUT2D eigenvalue weighted by molar-refractivity contribution is 8.22. The average molecular weight is 653 g/mol. The van der Waals surface area contributed by atoms with E-state index in [1.54, 1.807) is 0 Å². The Morgan fingerprint density at radius 1 is 0.372 bits per heavy atom. The summed E-state index contributed by atoms with van der Waals surface area (Å²) in [5.41, 5.74) is 0. The van der Waals surface area contributed by atoms with Gasteiger partial charge in [0.1, 0.15) is 11.5 Å². The first-order chi connectivity index (χ1) is 21.1. The van der Waals surface area contributed by atoms with E-state index in [-0.39, 0.29) is 0 Å². The summed E-state index contributed by atoms with van der Waals surface area (Å²) in [6.07, 6.45) is 0. The predicted molar refractivity (Wildman–Crippen MR) is 192 cm³/mol. The van der Waals surface area contributed by atoms with Crippen molar-refractivity contribution in [2.24, 2.45) is 0 Å². The van der Waals surface area contributed by atoms with Gasteiger partial charge in [-0.1, -0.05) is 146 Å². The van der Waals surface area contributed by atoms with Gasteiger partial charge >= 0.3 is 5.84 Å². The Labute approximate surface area is 265 Å². The SMILES string of the molecule is S=P(Cl)(Oc1ccc(P(c2ccccc2)c2ccccc2)cc1)Oc1ccc(P(c2ccccc2)c2ccccc2)cc1. The van der Waals surface area contributed by atoms with Crippen molar-refractivity contribution in [3.8, 4) is 11.5 Å². The van der Waals surface area contributed by atoms with Crippen LogP contribution >= 0.6 is 32.9 Å². The average Bonchev–Trinajstić information content (AvgIpc) is 3.05. The monoisotopic (exact) mass is 652 g/mol. The molecule has 0 saturated heterocycles. The van der Waals surface area contributed by atoms with Gasteiger partial charge in [-0.25, -0.2) is 0 Å². The number of hydrogen-bond donors (Lipinski definition) is 0. The van der Waals surface area contributed by atoms with Crippen LogP contribution in [0.5, 0.6) is 11.5 Å². The van der Waals surface area contributed by atoms with E-state index in [0.717, 1.165) is 0 Å². The first-order valence-corrected chi connectivity index (χ1v) is 20.0. The summed E-state index contributed by atoms with van der Waals surface area (Å²) in [6, 6.07) is 58.5. The highest BCUT2D eigenvalue weighted by Gasteiger charge is 2.22. The van der Waals surface area contributed by atoms with E-state index < -0.39 is 21.7 Å². The fraction of sp³-hybridized carbons (Fsp3) is 0. The summed E-state index contributed by atoms with van der Waals surface area (Å²) < 4.78 is 12.1. The number of rotatable bonds is 10. The van der Waals surface area contributed by atoms with Crippen molar-refractivity contribution in [2.75, 3.05) is 0 Å². The quantitative estimate of drug-likeness (QED) is 0.139. The largest absolute Gasteiger partial charge is 0.425 e. The van der Waals surface area contributed by atoms with Gasteiger partial charge in [0.05, 0.1) is 0 Å². The molecule has 0 radical (unpaired) electrons. The molecule has 2 nitrogen and oxygen atoms in total. The van der Waals surface area contributed by atoms with Gasteiger partial charge in [0.25, 0.3) is 0 Å². The molecule has 7 heteroatoms. The second-order valence-corrected chi connectivity index (χ2v) is 18.7. The Hall–Kier alpha value is -3.28. The predicted octanol–water partition coefficient (Wildman–Crippen LogP) is 8.12. The standard InChI is InChI=1S/C36H28ClO2P3S/c37-42(43,38-29-21-25-35(26-22-29)40(31-13-5-1-6-14-31)32-15-7-2-8-16-32)39-30-23-27-36(28-24-30)41(33-17-9-3-10-18-33)34-19-11-4-12-20-34/h1-28H. The van der Waals surface area contributed by atoms with Crippen molar-refractivity contribution in [3.63, 3.8) is 0 Å². The van der Waals surface area contributed by atoms with Gasteiger partial charge in [0.2, 0.25) is 0 Å². The van der Waals surface area contributed by atoms with Gasteiger partial charge in [0.15, 0.2) is 0 Å². The maximum Gasteiger partial charge on any atom is 0.384 e. The molecule has 6 aromatic carbocycles. The maximum absolute atomic E-state index is 6.68. The third-order valence-corrected chi connectivity index (χ3v) is 13.3. The van der Waals surface area contributed by atoms with Crippen LogP contribution in [0.2, 0.25) is 0 Å². The van der Waals surface area contributed by atoms with Crippen molar-refractivity contribution in [1.82, 2.24) is 0 Å². The molecule has 212 valence electrons. The van der Waals surface area contributed by atoms with Crippen LogP contribution in [0.1, 0.15) is 0 Å². The van der Waals surface area contributed by atoms with Crippen molar-refractivity contribution >= 4 is 76.6 Å². The van der Waals surface area contributed by atoms with Gasteiger partial charge in [-0.15, -0.1) is 0 Å². The molecule has 0 aliphatic rings. The molecule has 0 fully saturated rings. The Morgan fingerprint density at radius 3 is 0.860 bits per heavy atom. The Morgan fingerprint density at radius 2 is 0.605 bits per heavy atom. The van der Waals surface area contributed by atoms with E-state index in [0.29, 0.717) is 11.5 Å². The van der Waals surface area contributed by atoms with Crippen molar-refractivity contribution < 1.29 is 9.05 Å². The highest BCUT2D eigenvalue weighted by Crippen LogP contribution is 2.53.